The Morgan fingerprint density at radius 3 is 2.57 bits per heavy atom. The number of hydrogen-bond donors (Lipinski definition) is 0. The topological polar surface area (TPSA) is 18.5 Å². The van der Waals surface area contributed by atoms with Crippen LogP contribution >= 0.6 is 11.6 Å². The molecule has 0 bridgehead atoms. The van der Waals surface area contributed by atoms with Crippen molar-refractivity contribution >= 4 is 11.6 Å². The predicted octanol–water partition coefficient (Wildman–Crippen LogP) is 5.39. The molecule has 0 aliphatic carbocycles. The number of benzene rings is 1. The van der Waals surface area contributed by atoms with E-state index < -0.39 is 5.82 Å². The van der Waals surface area contributed by atoms with Crippen molar-refractivity contribution in [2.75, 3.05) is 7.11 Å². The van der Waals surface area contributed by atoms with E-state index in [1.807, 2.05) is 0 Å². The summed E-state index contributed by atoms with van der Waals surface area (Å²) in [6, 6.07) is 2.96. The highest BCUT2D eigenvalue weighted by Crippen LogP contribution is 2.44. The third-order valence-electron chi connectivity index (χ3n) is 4.60. The summed E-state index contributed by atoms with van der Waals surface area (Å²) in [4.78, 5) is 0. The van der Waals surface area contributed by atoms with Crippen LogP contribution in [0, 0.1) is 17.2 Å². The van der Waals surface area contributed by atoms with Crippen molar-refractivity contribution < 1.29 is 13.9 Å². The molecule has 0 N–H and O–H groups in total. The van der Waals surface area contributed by atoms with Gasteiger partial charge in [-0.1, -0.05) is 39.3 Å². The summed E-state index contributed by atoms with van der Waals surface area (Å²) in [5.41, 5.74) is 0.942. The first-order valence-corrected chi connectivity index (χ1v) is 7.80. The Bertz CT molecular complexity index is 510. The summed E-state index contributed by atoms with van der Waals surface area (Å²) < 4.78 is 25.3. The monoisotopic (exact) mass is 314 g/mol. The first-order valence-electron chi connectivity index (χ1n) is 7.42. The SMILES string of the molecule is COc1cc(Cl)c(F)cc1[C@H]1CC[C@@H]([C@H](C)C(C)(C)C)O1. The van der Waals surface area contributed by atoms with Crippen LogP contribution in [0.5, 0.6) is 5.75 Å². The zero-order chi connectivity index (χ0) is 15.8. The molecular formula is C17H24ClFO2. The van der Waals surface area contributed by atoms with Crippen LogP contribution in [0.1, 0.15) is 52.2 Å². The second-order valence-corrected chi connectivity index (χ2v) is 7.31. The van der Waals surface area contributed by atoms with Gasteiger partial charge in [0, 0.05) is 11.6 Å². The van der Waals surface area contributed by atoms with Gasteiger partial charge in [-0.2, -0.15) is 0 Å². The molecule has 0 spiro atoms. The van der Waals surface area contributed by atoms with Crippen LogP contribution in [0.2, 0.25) is 5.02 Å². The van der Waals surface area contributed by atoms with Gasteiger partial charge < -0.3 is 9.47 Å². The molecule has 3 atom stereocenters. The number of hydrogen-bond acceptors (Lipinski definition) is 2. The lowest BCUT2D eigenvalue weighted by atomic mass is 9.78. The van der Waals surface area contributed by atoms with E-state index in [-0.39, 0.29) is 22.6 Å². The highest BCUT2D eigenvalue weighted by atomic mass is 35.5. The molecule has 1 aliphatic rings. The molecule has 0 saturated carbocycles. The molecule has 1 fully saturated rings. The molecule has 1 heterocycles. The molecule has 118 valence electrons. The van der Waals surface area contributed by atoms with Gasteiger partial charge in [0.25, 0.3) is 0 Å². The lowest BCUT2D eigenvalue weighted by molar-refractivity contribution is -0.0171. The van der Waals surface area contributed by atoms with Gasteiger partial charge in [-0.05, 0) is 30.2 Å². The van der Waals surface area contributed by atoms with E-state index in [0.717, 1.165) is 18.4 Å². The molecule has 21 heavy (non-hydrogen) atoms. The van der Waals surface area contributed by atoms with Gasteiger partial charge in [0.15, 0.2) is 0 Å². The Morgan fingerprint density at radius 2 is 2.00 bits per heavy atom. The van der Waals surface area contributed by atoms with Crippen molar-refractivity contribution in [2.45, 2.75) is 52.7 Å². The largest absolute Gasteiger partial charge is 0.496 e. The zero-order valence-electron chi connectivity index (χ0n) is 13.4. The van der Waals surface area contributed by atoms with Gasteiger partial charge >= 0.3 is 0 Å². The number of halogens is 2. The van der Waals surface area contributed by atoms with Gasteiger partial charge in [-0.25, -0.2) is 4.39 Å². The highest BCUT2D eigenvalue weighted by molar-refractivity contribution is 6.30. The van der Waals surface area contributed by atoms with E-state index in [1.165, 1.54) is 12.1 Å². The van der Waals surface area contributed by atoms with Crippen LogP contribution in [0.3, 0.4) is 0 Å². The molecule has 0 unspecified atom stereocenters. The summed E-state index contributed by atoms with van der Waals surface area (Å²) >= 11 is 5.81. The van der Waals surface area contributed by atoms with Crippen LogP contribution in [0.4, 0.5) is 4.39 Å². The van der Waals surface area contributed by atoms with Gasteiger partial charge in [0.2, 0.25) is 0 Å². The molecule has 0 aromatic heterocycles. The Balaban J connectivity index is 2.20. The molecule has 1 saturated heterocycles. The lowest BCUT2D eigenvalue weighted by Crippen LogP contribution is -2.29. The number of rotatable bonds is 3. The van der Waals surface area contributed by atoms with E-state index in [1.54, 1.807) is 7.11 Å². The molecule has 2 rings (SSSR count). The maximum Gasteiger partial charge on any atom is 0.142 e. The fourth-order valence-electron chi connectivity index (χ4n) is 2.79. The van der Waals surface area contributed by atoms with Gasteiger partial charge in [0.05, 0.1) is 24.3 Å². The minimum Gasteiger partial charge on any atom is -0.496 e. The first-order chi connectivity index (χ1) is 9.74. The highest BCUT2D eigenvalue weighted by Gasteiger charge is 2.36. The van der Waals surface area contributed by atoms with Crippen LogP contribution < -0.4 is 4.74 Å². The average Bonchev–Trinajstić information content (AvgIpc) is 2.88. The Morgan fingerprint density at radius 1 is 1.33 bits per heavy atom. The quantitative estimate of drug-likeness (QED) is 0.744. The van der Waals surface area contributed by atoms with Gasteiger partial charge in [-0.3, -0.25) is 0 Å². The van der Waals surface area contributed by atoms with Crippen LogP contribution in [-0.2, 0) is 4.74 Å². The second kappa shape index (κ2) is 6.13. The van der Waals surface area contributed by atoms with Crippen molar-refractivity contribution in [3.63, 3.8) is 0 Å². The smallest absolute Gasteiger partial charge is 0.142 e. The van der Waals surface area contributed by atoms with Crippen molar-refractivity contribution in [3.05, 3.63) is 28.5 Å². The predicted molar refractivity (Wildman–Crippen MR) is 83.4 cm³/mol. The normalized spacial score (nSPS) is 24.1. The number of methoxy groups -OCH3 is 1. The van der Waals surface area contributed by atoms with Crippen LogP contribution in [-0.4, -0.2) is 13.2 Å². The van der Waals surface area contributed by atoms with Gasteiger partial charge in [-0.15, -0.1) is 0 Å². The number of ether oxygens (including phenoxy) is 2. The molecule has 1 aromatic rings. The molecule has 0 radical (unpaired) electrons. The summed E-state index contributed by atoms with van der Waals surface area (Å²) in [6.45, 7) is 8.87. The summed E-state index contributed by atoms with van der Waals surface area (Å²) in [7, 11) is 1.57. The molecule has 1 aliphatic heterocycles. The summed E-state index contributed by atoms with van der Waals surface area (Å²) in [6.07, 6.45) is 1.93. The minimum absolute atomic E-state index is 0.0770. The Hall–Kier alpha value is -0.800. The first kappa shape index (κ1) is 16.6. The molecular weight excluding hydrogens is 291 g/mol. The van der Waals surface area contributed by atoms with Crippen LogP contribution in [0.15, 0.2) is 12.1 Å². The fraction of sp³-hybridized carbons (Fsp3) is 0.647. The zero-order valence-corrected chi connectivity index (χ0v) is 14.1. The standard InChI is InChI=1S/C17H24ClFO2/c1-10(17(2,3)4)14-6-7-15(21-14)11-8-13(19)12(18)9-16(11)20-5/h8-10,14-15H,6-7H2,1-5H3/t10-,14-,15+/m0/s1. The maximum atomic E-state index is 13.8. The summed E-state index contributed by atoms with van der Waals surface area (Å²) in [5, 5.41) is 0.0770. The van der Waals surface area contributed by atoms with Crippen LogP contribution in [0.25, 0.3) is 0 Å². The van der Waals surface area contributed by atoms with Crippen molar-refractivity contribution in [2.24, 2.45) is 11.3 Å². The van der Waals surface area contributed by atoms with Crippen molar-refractivity contribution in [1.29, 1.82) is 0 Å². The van der Waals surface area contributed by atoms with E-state index in [9.17, 15) is 4.39 Å². The van der Waals surface area contributed by atoms with Crippen molar-refractivity contribution in [3.8, 4) is 5.75 Å². The molecule has 1 aromatic carbocycles. The lowest BCUT2D eigenvalue weighted by Gasteiger charge is -2.32. The molecule has 4 heteroatoms. The second-order valence-electron chi connectivity index (χ2n) is 6.90. The van der Waals surface area contributed by atoms with E-state index in [2.05, 4.69) is 27.7 Å². The third kappa shape index (κ3) is 3.51. The van der Waals surface area contributed by atoms with Crippen molar-refractivity contribution in [1.82, 2.24) is 0 Å². The van der Waals surface area contributed by atoms with E-state index >= 15 is 0 Å². The average molecular weight is 315 g/mol. The molecule has 0 amide bonds. The van der Waals surface area contributed by atoms with E-state index in [4.69, 9.17) is 21.1 Å². The molecule has 2 nitrogen and oxygen atoms in total. The summed E-state index contributed by atoms with van der Waals surface area (Å²) in [5.74, 6) is 0.601. The van der Waals surface area contributed by atoms with E-state index in [0.29, 0.717) is 11.7 Å². The Kier molecular flexibility index (Phi) is 4.84. The fourth-order valence-corrected chi connectivity index (χ4v) is 2.94. The minimum atomic E-state index is -0.427. The third-order valence-corrected chi connectivity index (χ3v) is 4.89. The maximum absolute atomic E-state index is 13.8. The van der Waals surface area contributed by atoms with Gasteiger partial charge in [0.1, 0.15) is 11.6 Å². The Labute approximate surface area is 131 Å².